The Kier molecular flexibility index (Phi) is 4.06. The molecule has 2 atom stereocenters. The Labute approximate surface area is 110 Å². The highest BCUT2D eigenvalue weighted by Gasteiger charge is 2.44. The quantitative estimate of drug-likeness (QED) is 0.855. The molecule has 1 N–H and O–H groups in total. The molecule has 1 saturated heterocycles. The Hall–Kier alpha value is -1.20. The third-order valence-electron chi connectivity index (χ3n) is 4.12. The lowest BCUT2D eigenvalue weighted by Gasteiger charge is -2.20. The van der Waals surface area contributed by atoms with Crippen molar-refractivity contribution in [1.29, 1.82) is 0 Å². The van der Waals surface area contributed by atoms with Crippen LogP contribution in [0.2, 0.25) is 0 Å². The van der Waals surface area contributed by atoms with Crippen molar-refractivity contribution >= 4 is 11.9 Å². The summed E-state index contributed by atoms with van der Waals surface area (Å²) in [7, 11) is 0. The number of nitrogens with zero attached hydrogens (tertiary/aromatic N) is 1. The minimum atomic E-state index is -2.69. The van der Waals surface area contributed by atoms with Crippen molar-refractivity contribution in [2.24, 2.45) is 11.8 Å². The summed E-state index contributed by atoms with van der Waals surface area (Å²) in [5, 5.41) is 8.62. The number of carbonyl (C=O) groups is 2. The summed E-state index contributed by atoms with van der Waals surface area (Å²) in [6.45, 7) is 1.10. The van der Waals surface area contributed by atoms with E-state index >= 15 is 0 Å². The smallest absolute Gasteiger partial charge is 0.303 e. The molecule has 0 spiro atoms. The van der Waals surface area contributed by atoms with E-state index in [-0.39, 0.29) is 37.5 Å². The molecule has 1 aliphatic carbocycles. The van der Waals surface area contributed by atoms with Crippen molar-refractivity contribution in [1.82, 2.24) is 4.90 Å². The van der Waals surface area contributed by atoms with Gasteiger partial charge in [0.2, 0.25) is 11.8 Å². The molecule has 0 radical (unpaired) electrons. The monoisotopic (exact) mass is 275 g/mol. The summed E-state index contributed by atoms with van der Waals surface area (Å²) in [6, 6.07) is 0. The minimum absolute atomic E-state index is 0.105. The topological polar surface area (TPSA) is 57.6 Å². The molecule has 2 fully saturated rings. The first-order chi connectivity index (χ1) is 8.87. The highest BCUT2D eigenvalue weighted by atomic mass is 19.3. The zero-order valence-electron chi connectivity index (χ0n) is 10.8. The summed E-state index contributed by atoms with van der Waals surface area (Å²) in [6.07, 6.45) is 1.18. The van der Waals surface area contributed by atoms with E-state index < -0.39 is 17.8 Å². The molecule has 108 valence electrons. The van der Waals surface area contributed by atoms with Crippen LogP contribution < -0.4 is 0 Å². The van der Waals surface area contributed by atoms with Gasteiger partial charge in [-0.15, -0.1) is 0 Å². The number of rotatable bonds is 4. The van der Waals surface area contributed by atoms with Crippen molar-refractivity contribution in [3.05, 3.63) is 0 Å². The van der Waals surface area contributed by atoms with Crippen LogP contribution in [-0.2, 0) is 9.59 Å². The van der Waals surface area contributed by atoms with E-state index in [0.29, 0.717) is 19.5 Å². The normalized spacial score (nSPS) is 29.7. The SMILES string of the molecule is O=C(O)CCC1CCN(C(=O)C2CCC(F)(F)C2)C1. The largest absolute Gasteiger partial charge is 0.481 e. The second kappa shape index (κ2) is 5.43. The average molecular weight is 275 g/mol. The molecule has 0 aromatic heterocycles. The number of likely N-dealkylation sites (tertiary alicyclic amines) is 1. The first-order valence-electron chi connectivity index (χ1n) is 6.76. The van der Waals surface area contributed by atoms with Crippen molar-refractivity contribution < 1.29 is 23.5 Å². The van der Waals surface area contributed by atoms with E-state index in [2.05, 4.69) is 0 Å². The fourth-order valence-corrected chi connectivity index (χ4v) is 3.02. The van der Waals surface area contributed by atoms with Crippen LogP contribution in [0.15, 0.2) is 0 Å². The van der Waals surface area contributed by atoms with Gasteiger partial charge in [-0.1, -0.05) is 0 Å². The van der Waals surface area contributed by atoms with Crippen molar-refractivity contribution in [3.8, 4) is 0 Å². The molecule has 2 unspecified atom stereocenters. The third-order valence-corrected chi connectivity index (χ3v) is 4.12. The molecule has 2 aliphatic rings. The number of carboxylic acid groups (broad SMARTS) is 1. The van der Waals surface area contributed by atoms with Gasteiger partial charge in [-0.05, 0) is 25.2 Å². The molecule has 0 bridgehead atoms. The lowest BCUT2D eigenvalue weighted by atomic mass is 10.0. The number of carbonyl (C=O) groups excluding carboxylic acids is 1. The summed E-state index contributed by atoms with van der Waals surface area (Å²) in [5.74, 6) is -4.05. The Morgan fingerprint density at radius 1 is 1.32 bits per heavy atom. The van der Waals surface area contributed by atoms with Crippen molar-refractivity contribution in [2.45, 2.75) is 44.4 Å². The first kappa shape index (κ1) is 14.2. The molecule has 19 heavy (non-hydrogen) atoms. The molecule has 0 aromatic carbocycles. The summed E-state index contributed by atoms with van der Waals surface area (Å²) in [4.78, 5) is 24.2. The van der Waals surface area contributed by atoms with E-state index in [1.165, 1.54) is 0 Å². The molecule has 1 amide bonds. The number of alkyl halides is 2. The maximum Gasteiger partial charge on any atom is 0.303 e. The third kappa shape index (κ3) is 3.64. The first-order valence-corrected chi connectivity index (χ1v) is 6.76. The fourth-order valence-electron chi connectivity index (χ4n) is 3.02. The molecule has 1 heterocycles. The van der Waals surface area contributed by atoms with Crippen LogP contribution in [0.1, 0.15) is 38.5 Å². The van der Waals surface area contributed by atoms with Crippen molar-refractivity contribution in [2.75, 3.05) is 13.1 Å². The van der Waals surface area contributed by atoms with Crippen LogP contribution in [0.4, 0.5) is 8.78 Å². The number of hydrogen-bond acceptors (Lipinski definition) is 2. The van der Waals surface area contributed by atoms with Gasteiger partial charge >= 0.3 is 5.97 Å². The standard InChI is InChI=1S/C13H19F2NO3/c14-13(15)5-3-10(7-13)12(19)16-6-4-9(8-16)1-2-11(17)18/h9-10H,1-8H2,(H,17,18). The van der Waals surface area contributed by atoms with Crippen LogP contribution in [0.5, 0.6) is 0 Å². The highest BCUT2D eigenvalue weighted by Crippen LogP contribution is 2.40. The Morgan fingerprint density at radius 3 is 2.63 bits per heavy atom. The minimum Gasteiger partial charge on any atom is -0.481 e. The highest BCUT2D eigenvalue weighted by molar-refractivity contribution is 5.79. The van der Waals surface area contributed by atoms with Gasteiger partial charge < -0.3 is 10.0 Å². The molecular formula is C13H19F2NO3. The lowest BCUT2D eigenvalue weighted by molar-refractivity contribution is -0.137. The summed E-state index contributed by atoms with van der Waals surface area (Å²) < 4.78 is 26.2. The molecule has 0 aromatic rings. The van der Waals surface area contributed by atoms with Crippen LogP contribution in [0.25, 0.3) is 0 Å². The van der Waals surface area contributed by atoms with E-state index in [9.17, 15) is 18.4 Å². The van der Waals surface area contributed by atoms with Gasteiger partial charge in [-0.25, -0.2) is 8.78 Å². The molecule has 1 aliphatic heterocycles. The molecule has 1 saturated carbocycles. The lowest BCUT2D eigenvalue weighted by Crippen LogP contribution is -2.34. The zero-order valence-corrected chi connectivity index (χ0v) is 10.8. The maximum absolute atomic E-state index is 13.1. The number of halogens is 2. The predicted octanol–water partition coefficient (Wildman–Crippen LogP) is 2.14. The van der Waals surface area contributed by atoms with E-state index in [1.807, 2.05) is 0 Å². The van der Waals surface area contributed by atoms with Gasteiger partial charge in [-0.3, -0.25) is 9.59 Å². The van der Waals surface area contributed by atoms with Gasteiger partial charge in [0, 0.05) is 38.3 Å². The van der Waals surface area contributed by atoms with Crippen molar-refractivity contribution in [3.63, 3.8) is 0 Å². The summed E-state index contributed by atoms with van der Waals surface area (Å²) >= 11 is 0. The van der Waals surface area contributed by atoms with E-state index in [1.54, 1.807) is 4.90 Å². The predicted molar refractivity (Wildman–Crippen MR) is 63.8 cm³/mol. The van der Waals surface area contributed by atoms with Crippen LogP contribution in [0, 0.1) is 11.8 Å². The van der Waals surface area contributed by atoms with Gasteiger partial charge in [0.15, 0.2) is 0 Å². The Balaban J connectivity index is 1.80. The molecule has 4 nitrogen and oxygen atoms in total. The second-order valence-electron chi connectivity index (χ2n) is 5.67. The molecular weight excluding hydrogens is 256 g/mol. The zero-order chi connectivity index (χ0) is 14.0. The number of aliphatic carboxylic acids is 1. The van der Waals surface area contributed by atoms with Gasteiger partial charge in [0.25, 0.3) is 0 Å². The van der Waals surface area contributed by atoms with E-state index in [0.717, 1.165) is 6.42 Å². The van der Waals surface area contributed by atoms with E-state index in [4.69, 9.17) is 5.11 Å². The van der Waals surface area contributed by atoms with Crippen LogP contribution in [-0.4, -0.2) is 40.9 Å². The number of carboxylic acids is 1. The second-order valence-corrected chi connectivity index (χ2v) is 5.67. The number of amides is 1. The fraction of sp³-hybridized carbons (Fsp3) is 0.846. The number of hydrogen-bond donors (Lipinski definition) is 1. The molecule has 2 rings (SSSR count). The van der Waals surface area contributed by atoms with Gasteiger partial charge in [0.05, 0.1) is 0 Å². The summed E-state index contributed by atoms with van der Waals surface area (Å²) in [5.41, 5.74) is 0. The van der Waals surface area contributed by atoms with Crippen LogP contribution in [0.3, 0.4) is 0 Å². The average Bonchev–Trinajstić information content (AvgIpc) is 2.92. The van der Waals surface area contributed by atoms with Crippen LogP contribution >= 0.6 is 0 Å². The van der Waals surface area contributed by atoms with Gasteiger partial charge in [-0.2, -0.15) is 0 Å². The Bertz CT molecular complexity index is 373. The Morgan fingerprint density at radius 2 is 2.05 bits per heavy atom. The maximum atomic E-state index is 13.1. The van der Waals surface area contributed by atoms with Gasteiger partial charge in [0.1, 0.15) is 0 Å². The molecule has 6 heteroatoms.